The number of hydrogen-bond acceptors (Lipinski definition) is 4. The first-order chi connectivity index (χ1) is 9.51. The summed E-state index contributed by atoms with van der Waals surface area (Å²) in [6, 6.07) is 6.81. The minimum atomic E-state index is -0.510. The number of rotatable bonds is 3. The number of thiophene rings is 1. The summed E-state index contributed by atoms with van der Waals surface area (Å²) >= 11 is 1.28. The van der Waals surface area contributed by atoms with Gasteiger partial charge in [-0.05, 0) is 37.3 Å². The third-order valence-electron chi connectivity index (χ3n) is 2.59. The van der Waals surface area contributed by atoms with E-state index in [9.17, 15) is 14.0 Å². The van der Waals surface area contributed by atoms with Crippen LogP contribution >= 0.6 is 11.3 Å². The number of nitrogens with one attached hydrogen (secondary N) is 1. The molecule has 0 aliphatic carbocycles. The molecule has 0 saturated carbocycles. The Hall–Kier alpha value is -2.21. The van der Waals surface area contributed by atoms with Crippen molar-refractivity contribution < 1.29 is 18.7 Å². The van der Waals surface area contributed by atoms with Crippen LogP contribution < -0.4 is 5.32 Å². The molecule has 1 aromatic carbocycles. The lowest BCUT2D eigenvalue weighted by molar-refractivity contribution is 0.0602. The van der Waals surface area contributed by atoms with Crippen molar-refractivity contribution >= 4 is 28.2 Å². The Kier molecular flexibility index (Phi) is 4.14. The van der Waals surface area contributed by atoms with Gasteiger partial charge in [-0.2, -0.15) is 0 Å². The van der Waals surface area contributed by atoms with Gasteiger partial charge in [0.25, 0.3) is 5.91 Å². The van der Waals surface area contributed by atoms with Crippen LogP contribution in [0.15, 0.2) is 30.3 Å². The topological polar surface area (TPSA) is 55.4 Å². The summed E-state index contributed by atoms with van der Waals surface area (Å²) < 4.78 is 17.5. The standard InChI is InChI=1S/C14H12FNO3S/c1-8-7-11(14(18)19-2)13(20-8)16-12(17)9-3-5-10(15)6-4-9/h3-7H,1-2H3,(H,16,17). The predicted octanol–water partition coefficient (Wildman–Crippen LogP) is 3.23. The summed E-state index contributed by atoms with van der Waals surface area (Å²) in [5.41, 5.74) is 0.624. The second-order valence-corrected chi connectivity index (χ2v) is 5.31. The molecule has 6 heteroatoms. The van der Waals surface area contributed by atoms with Crippen LogP contribution in [-0.2, 0) is 4.74 Å². The van der Waals surface area contributed by atoms with E-state index in [0.717, 1.165) is 4.88 Å². The Bertz CT molecular complexity index is 649. The maximum atomic E-state index is 12.8. The van der Waals surface area contributed by atoms with Gasteiger partial charge in [0.1, 0.15) is 10.8 Å². The first-order valence-electron chi connectivity index (χ1n) is 5.77. The van der Waals surface area contributed by atoms with E-state index in [1.54, 1.807) is 6.07 Å². The maximum absolute atomic E-state index is 12.8. The SMILES string of the molecule is COC(=O)c1cc(C)sc1NC(=O)c1ccc(F)cc1. The molecule has 0 fully saturated rings. The van der Waals surface area contributed by atoms with Gasteiger partial charge in [-0.3, -0.25) is 4.79 Å². The highest BCUT2D eigenvalue weighted by atomic mass is 32.1. The molecular weight excluding hydrogens is 281 g/mol. The average Bonchev–Trinajstić information content (AvgIpc) is 2.79. The highest BCUT2D eigenvalue weighted by molar-refractivity contribution is 7.16. The lowest BCUT2D eigenvalue weighted by Gasteiger charge is -2.05. The number of carbonyl (C=O) groups excluding carboxylic acids is 2. The molecule has 0 saturated heterocycles. The van der Waals surface area contributed by atoms with Crippen molar-refractivity contribution in [2.24, 2.45) is 0 Å². The van der Waals surface area contributed by atoms with Gasteiger partial charge in [-0.1, -0.05) is 0 Å². The molecule has 1 aromatic heterocycles. The van der Waals surface area contributed by atoms with Gasteiger partial charge in [-0.15, -0.1) is 11.3 Å². The van der Waals surface area contributed by atoms with Crippen LogP contribution in [-0.4, -0.2) is 19.0 Å². The quantitative estimate of drug-likeness (QED) is 0.884. The Morgan fingerprint density at radius 3 is 2.50 bits per heavy atom. The lowest BCUT2D eigenvalue weighted by atomic mass is 10.2. The average molecular weight is 293 g/mol. The van der Waals surface area contributed by atoms with Gasteiger partial charge >= 0.3 is 5.97 Å². The summed E-state index contributed by atoms with van der Waals surface area (Å²) in [6.45, 7) is 1.82. The molecule has 0 unspecified atom stereocenters. The van der Waals surface area contributed by atoms with Crippen molar-refractivity contribution in [1.29, 1.82) is 0 Å². The zero-order chi connectivity index (χ0) is 14.7. The monoisotopic (exact) mass is 293 g/mol. The normalized spacial score (nSPS) is 10.2. The van der Waals surface area contributed by atoms with Gasteiger partial charge < -0.3 is 10.1 Å². The molecule has 20 heavy (non-hydrogen) atoms. The molecular formula is C14H12FNO3S. The fourth-order valence-electron chi connectivity index (χ4n) is 1.65. The highest BCUT2D eigenvalue weighted by Gasteiger charge is 2.17. The van der Waals surface area contributed by atoms with Gasteiger partial charge in [0.2, 0.25) is 0 Å². The molecule has 2 rings (SSSR count). The third-order valence-corrected chi connectivity index (χ3v) is 3.56. The molecule has 1 heterocycles. The molecule has 1 amide bonds. The van der Waals surface area contributed by atoms with E-state index >= 15 is 0 Å². The van der Waals surface area contributed by atoms with Crippen LogP contribution in [0.5, 0.6) is 0 Å². The summed E-state index contributed by atoms with van der Waals surface area (Å²) in [5.74, 6) is -1.33. The first-order valence-corrected chi connectivity index (χ1v) is 6.58. The van der Waals surface area contributed by atoms with Crippen molar-refractivity contribution in [3.63, 3.8) is 0 Å². The summed E-state index contributed by atoms with van der Waals surface area (Å²) in [6.07, 6.45) is 0. The highest BCUT2D eigenvalue weighted by Crippen LogP contribution is 2.28. The van der Waals surface area contributed by atoms with Gasteiger partial charge in [0, 0.05) is 10.4 Å². The number of halogens is 1. The van der Waals surface area contributed by atoms with Crippen LogP contribution in [0.4, 0.5) is 9.39 Å². The van der Waals surface area contributed by atoms with E-state index in [0.29, 0.717) is 16.1 Å². The van der Waals surface area contributed by atoms with E-state index in [2.05, 4.69) is 10.1 Å². The zero-order valence-electron chi connectivity index (χ0n) is 10.9. The predicted molar refractivity (Wildman–Crippen MR) is 74.7 cm³/mol. The number of hydrogen-bond donors (Lipinski definition) is 1. The Labute approximate surface area is 119 Å². The van der Waals surface area contributed by atoms with Crippen LogP contribution in [0, 0.1) is 12.7 Å². The van der Waals surface area contributed by atoms with Gasteiger partial charge in [0.15, 0.2) is 0 Å². The fraction of sp³-hybridized carbons (Fsp3) is 0.143. The van der Waals surface area contributed by atoms with Crippen molar-refractivity contribution in [2.45, 2.75) is 6.92 Å². The lowest BCUT2D eigenvalue weighted by Crippen LogP contribution is -2.13. The van der Waals surface area contributed by atoms with Crippen molar-refractivity contribution in [2.75, 3.05) is 12.4 Å². The van der Waals surface area contributed by atoms with Crippen molar-refractivity contribution in [3.8, 4) is 0 Å². The number of carbonyl (C=O) groups is 2. The largest absolute Gasteiger partial charge is 0.465 e. The Balaban J connectivity index is 2.23. The molecule has 0 atom stereocenters. The number of aryl methyl sites for hydroxylation is 1. The van der Waals surface area contributed by atoms with Crippen LogP contribution in [0.3, 0.4) is 0 Å². The fourth-order valence-corrected chi connectivity index (χ4v) is 2.54. The number of methoxy groups -OCH3 is 1. The van der Waals surface area contributed by atoms with Gasteiger partial charge in [-0.25, -0.2) is 9.18 Å². The molecule has 0 aliphatic heterocycles. The smallest absolute Gasteiger partial charge is 0.340 e. The molecule has 0 aliphatic rings. The second kappa shape index (κ2) is 5.83. The molecule has 0 spiro atoms. The molecule has 0 bridgehead atoms. The molecule has 1 N–H and O–H groups in total. The molecule has 104 valence electrons. The summed E-state index contributed by atoms with van der Waals surface area (Å²) in [4.78, 5) is 24.5. The van der Waals surface area contributed by atoms with Crippen LogP contribution in [0.25, 0.3) is 0 Å². The van der Waals surface area contributed by atoms with Crippen LogP contribution in [0.2, 0.25) is 0 Å². The minimum absolute atomic E-state index is 0.311. The Morgan fingerprint density at radius 2 is 1.90 bits per heavy atom. The number of esters is 1. The first kappa shape index (κ1) is 14.2. The number of amides is 1. The Morgan fingerprint density at radius 1 is 1.25 bits per heavy atom. The molecule has 4 nitrogen and oxygen atoms in total. The summed E-state index contributed by atoms with van der Waals surface area (Å²) in [7, 11) is 1.28. The number of ether oxygens (including phenoxy) is 1. The van der Waals surface area contributed by atoms with Crippen molar-refractivity contribution in [3.05, 3.63) is 52.2 Å². The summed E-state index contributed by atoms with van der Waals surface area (Å²) in [5, 5.41) is 3.06. The van der Waals surface area contributed by atoms with Crippen LogP contribution in [0.1, 0.15) is 25.6 Å². The number of anilines is 1. The van der Waals surface area contributed by atoms with E-state index in [-0.39, 0.29) is 0 Å². The molecule has 0 radical (unpaired) electrons. The third kappa shape index (κ3) is 3.03. The zero-order valence-corrected chi connectivity index (χ0v) is 11.7. The minimum Gasteiger partial charge on any atom is -0.465 e. The van der Waals surface area contributed by atoms with Crippen molar-refractivity contribution in [1.82, 2.24) is 0 Å². The van der Waals surface area contributed by atoms with E-state index < -0.39 is 17.7 Å². The molecule has 2 aromatic rings. The van der Waals surface area contributed by atoms with Gasteiger partial charge in [0.05, 0.1) is 12.7 Å². The maximum Gasteiger partial charge on any atom is 0.340 e. The van der Waals surface area contributed by atoms with E-state index in [1.165, 1.54) is 42.7 Å². The number of benzene rings is 1. The van der Waals surface area contributed by atoms with E-state index in [1.807, 2.05) is 6.92 Å². The van der Waals surface area contributed by atoms with E-state index in [4.69, 9.17) is 0 Å². The second-order valence-electron chi connectivity index (χ2n) is 4.05.